The topological polar surface area (TPSA) is 77.5 Å². The number of amides is 1. The van der Waals surface area contributed by atoms with Crippen molar-refractivity contribution >= 4 is 27.7 Å². The van der Waals surface area contributed by atoms with Gasteiger partial charge < -0.3 is 29.1 Å². The Morgan fingerprint density at radius 2 is 1.79 bits per heavy atom. The van der Waals surface area contributed by atoms with Gasteiger partial charge in [-0.05, 0) is 42.5 Å². The number of methoxy groups -OCH3 is 3. The van der Waals surface area contributed by atoms with Gasteiger partial charge in [0.15, 0.2) is 0 Å². The third-order valence-electron chi connectivity index (χ3n) is 5.02. The van der Waals surface area contributed by atoms with Gasteiger partial charge in [-0.1, -0.05) is 0 Å². The molecule has 29 heavy (non-hydrogen) atoms. The van der Waals surface area contributed by atoms with E-state index in [9.17, 15) is 4.79 Å². The van der Waals surface area contributed by atoms with E-state index in [1.807, 2.05) is 42.6 Å². The number of rotatable bonds is 7. The molecule has 0 aliphatic carbocycles. The zero-order valence-corrected chi connectivity index (χ0v) is 16.6. The lowest BCUT2D eigenvalue weighted by Gasteiger charge is -2.07. The number of nitrogens with one attached hydrogen (secondary N) is 2. The lowest BCUT2D eigenvalue weighted by Crippen LogP contribution is -2.27. The SMILES string of the molecule is COc1ccc2c(ccn2CCNC(=O)c2cc3c(OC)ccc(OC)c3[nH]2)c1. The van der Waals surface area contributed by atoms with Crippen molar-refractivity contribution in [3.05, 3.63) is 54.4 Å². The van der Waals surface area contributed by atoms with E-state index < -0.39 is 0 Å². The minimum atomic E-state index is -0.177. The van der Waals surface area contributed by atoms with E-state index in [1.54, 1.807) is 27.4 Å². The van der Waals surface area contributed by atoms with Crippen molar-refractivity contribution in [2.24, 2.45) is 0 Å². The second-order valence-corrected chi connectivity index (χ2v) is 6.63. The number of H-pyrrole nitrogens is 1. The van der Waals surface area contributed by atoms with E-state index >= 15 is 0 Å². The highest BCUT2D eigenvalue weighted by Crippen LogP contribution is 2.33. The molecule has 0 unspecified atom stereocenters. The van der Waals surface area contributed by atoms with Crippen LogP contribution in [0.4, 0.5) is 0 Å². The summed E-state index contributed by atoms with van der Waals surface area (Å²) in [6, 6.07) is 13.4. The predicted octanol–water partition coefficient (Wildman–Crippen LogP) is 3.58. The molecule has 4 aromatic rings. The summed E-state index contributed by atoms with van der Waals surface area (Å²) in [6.45, 7) is 1.16. The Balaban J connectivity index is 1.47. The fraction of sp³-hybridized carbons (Fsp3) is 0.227. The fourth-order valence-electron chi connectivity index (χ4n) is 3.52. The number of carbonyl (C=O) groups excluding carboxylic acids is 1. The molecule has 7 heteroatoms. The molecule has 7 nitrogen and oxygen atoms in total. The first kappa shape index (κ1) is 18.7. The van der Waals surface area contributed by atoms with Crippen LogP contribution in [0.1, 0.15) is 10.5 Å². The van der Waals surface area contributed by atoms with Crippen molar-refractivity contribution < 1.29 is 19.0 Å². The largest absolute Gasteiger partial charge is 0.497 e. The molecular formula is C22H23N3O4. The van der Waals surface area contributed by atoms with Crippen LogP contribution in [0, 0.1) is 0 Å². The van der Waals surface area contributed by atoms with Crippen LogP contribution < -0.4 is 19.5 Å². The number of hydrogen-bond acceptors (Lipinski definition) is 4. The van der Waals surface area contributed by atoms with Crippen LogP contribution in [-0.2, 0) is 6.54 Å². The number of fused-ring (bicyclic) bond motifs is 2. The van der Waals surface area contributed by atoms with E-state index in [-0.39, 0.29) is 5.91 Å². The summed E-state index contributed by atoms with van der Waals surface area (Å²) in [5, 5.41) is 4.87. The molecule has 4 rings (SSSR count). The Kier molecular flexibility index (Phi) is 5.03. The minimum absolute atomic E-state index is 0.177. The summed E-state index contributed by atoms with van der Waals surface area (Å²) in [5.41, 5.74) is 2.30. The van der Waals surface area contributed by atoms with Gasteiger partial charge in [-0.25, -0.2) is 0 Å². The first-order valence-electron chi connectivity index (χ1n) is 9.29. The van der Waals surface area contributed by atoms with Gasteiger partial charge in [0.05, 0.1) is 26.8 Å². The van der Waals surface area contributed by atoms with Gasteiger partial charge in [-0.15, -0.1) is 0 Å². The molecule has 2 N–H and O–H groups in total. The maximum atomic E-state index is 12.6. The van der Waals surface area contributed by atoms with E-state index in [2.05, 4.69) is 14.9 Å². The Morgan fingerprint density at radius 1 is 1.00 bits per heavy atom. The van der Waals surface area contributed by atoms with Crippen LogP contribution in [0.5, 0.6) is 17.2 Å². The number of carbonyl (C=O) groups is 1. The molecule has 1 amide bonds. The second kappa shape index (κ2) is 7.79. The molecule has 2 heterocycles. The second-order valence-electron chi connectivity index (χ2n) is 6.63. The van der Waals surface area contributed by atoms with Crippen LogP contribution in [0.3, 0.4) is 0 Å². The highest BCUT2D eigenvalue weighted by molar-refractivity contribution is 6.01. The van der Waals surface area contributed by atoms with Crippen molar-refractivity contribution in [2.75, 3.05) is 27.9 Å². The first-order chi connectivity index (χ1) is 14.1. The zero-order chi connectivity index (χ0) is 20.4. The van der Waals surface area contributed by atoms with E-state index in [1.165, 1.54) is 0 Å². The smallest absolute Gasteiger partial charge is 0.267 e. The number of hydrogen-bond donors (Lipinski definition) is 2. The van der Waals surface area contributed by atoms with Gasteiger partial charge in [-0.2, -0.15) is 0 Å². The average molecular weight is 393 g/mol. The van der Waals surface area contributed by atoms with E-state index in [0.717, 1.165) is 27.6 Å². The van der Waals surface area contributed by atoms with Crippen molar-refractivity contribution in [2.45, 2.75) is 6.54 Å². The maximum Gasteiger partial charge on any atom is 0.267 e. The third-order valence-corrected chi connectivity index (χ3v) is 5.02. The van der Waals surface area contributed by atoms with Gasteiger partial charge in [0, 0.05) is 35.6 Å². The van der Waals surface area contributed by atoms with Gasteiger partial charge in [0.2, 0.25) is 0 Å². The molecule has 0 spiro atoms. The van der Waals surface area contributed by atoms with Gasteiger partial charge in [0.1, 0.15) is 22.9 Å². The standard InChI is InChI=1S/C22H23N3O4/c1-27-15-4-5-18-14(12-15)8-10-25(18)11-9-23-22(26)17-13-16-19(28-2)6-7-20(29-3)21(16)24-17/h4-8,10,12-13,24H,9,11H2,1-3H3,(H,23,26). The molecule has 0 radical (unpaired) electrons. The molecule has 0 fully saturated rings. The summed E-state index contributed by atoms with van der Waals surface area (Å²) >= 11 is 0. The lowest BCUT2D eigenvalue weighted by molar-refractivity contribution is 0.0948. The van der Waals surface area contributed by atoms with Crippen molar-refractivity contribution in [1.29, 1.82) is 0 Å². The molecule has 2 aromatic carbocycles. The van der Waals surface area contributed by atoms with Crippen LogP contribution in [0.15, 0.2) is 48.7 Å². The van der Waals surface area contributed by atoms with E-state index in [0.29, 0.717) is 30.3 Å². The number of aromatic nitrogens is 2. The van der Waals surface area contributed by atoms with Crippen LogP contribution in [-0.4, -0.2) is 43.3 Å². The first-order valence-corrected chi connectivity index (χ1v) is 9.29. The molecular weight excluding hydrogens is 370 g/mol. The Labute approximate surface area is 168 Å². The Hall–Kier alpha value is -3.61. The number of benzene rings is 2. The van der Waals surface area contributed by atoms with Crippen molar-refractivity contribution in [1.82, 2.24) is 14.9 Å². The number of ether oxygens (including phenoxy) is 3. The molecule has 150 valence electrons. The Bertz CT molecular complexity index is 1130. The molecule has 0 atom stereocenters. The molecule has 0 saturated carbocycles. The quantitative estimate of drug-likeness (QED) is 0.503. The molecule has 2 aromatic heterocycles. The normalized spacial score (nSPS) is 11.0. The van der Waals surface area contributed by atoms with E-state index in [4.69, 9.17) is 14.2 Å². The third kappa shape index (κ3) is 3.47. The van der Waals surface area contributed by atoms with Crippen LogP contribution in [0.25, 0.3) is 21.8 Å². The summed E-state index contributed by atoms with van der Waals surface area (Å²) in [7, 11) is 4.85. The van der Waals surface area contributed by atoms with Gasteiger partial charge >= 0.3 is 0 Å². The number of nitrogens with zero attached hydrogens (tertiary/aromatic N) is 1. The monoisotopic (exact) mass is 393 g/mol. The maximum absolute atomic E-state index is 12.6. The number of aromatic amines is 1. The molecule has 0 aliphatic rings. The van der Waals surface area contributed by atoms with Crippen molar-refractivity contribution in [3.8, 4) is 17.2 Å². The highest BCUT2D eigenvalue weighted by Gasteiger charge is 2.15. The van der Waals surface area contributed by atoms with Crippen LogP contribution >= 0.6 is 0 Å². The predicted molar refractivity (Wildman–Crippen MR) is 112 cm³/mol. The molecule has 0 aliphatic heterocycles. The Morgan fingerprint density at radius 3 is 2.55 bits per heavy atom. The van der Waals surface area contributed by atoms with Crippen LogP contribution in [0.2, 0.25) is 0 Å². The summed E-state index contributed by atoms with van der Waals surface area (Å²) in [6.07, 6.45) is 2.01. The van der Waals surface area contributed by atoms with Gasteiger partial charge in [0.25, 0.3) is 5.91 Å². The average Bonchev–Trinajstić information content (AvgIpc) is 3.37. The fourth-order valence-corrected chi connectivity index (χ4v) is 3.52. The summed E-state index contributed by atoms with van der Waals surface area (Å²) in [4.78, 5) is 15.8. The molecule has 0 saturated heterocycles. The lowest BCUT2D eigenvalue weighted by atomic mass is 10.2. The zero-order valence-electron chi connectivity index (χ0n) is 16.6. The minimum Gasteiger partial charge on any atom is -0.497 e. The summed E-state index contributed by atoms with van der Waals surface area (Å²) in [5.74, 6) is 2.00. The summed E-state index contributed by atoms with van der Waals surface area (Å²) < 4.78 is 18.1. The van der Waals surface area contributed by atoms with Crippen molar-refractivity contribution in [3.63, 3.8) is 0 Å². The highest BCUT2D eigenvalue weighted by atomic mass is 16.5. The molecule has 0 bridgehead atoms. The van der Waals surface area contributed by atoms with Gasteiger partial charge in [-0.3, -0.25) is 4.79 Å².